The normalized spacial score (nSPS) is 18.5. The molecule has 0 saturated heterocycles. The van der Waals surface area contributed by atoms with E-state index in [4.69, 9.17) is 9.05 Å². The van der Waals surface area contributed by atoms with E-state index in [-0.39, 0.29) is 35.9 Å². The van der Waals surface area contributed by atoms with Gasteiger partial charge in [-0.1, -0.05) is 55.4 Å². The summed E-state index contributed by atoms with van der Waals surface area (Å²) in [5.41, 5.74) is 0.548. The lowest BCUT2D eigenvalue weighted by molar-refractivity contribution is 0.114. The second-order valence-electron chi connectivity index (χ2n) is 9.47. The fourth-order valence-corrected chi connectivity index (χ4v) is 2.97. The van der Waals surface area contributed by atoms with Gasteiger partial charge in [0.15, 0.2) is 0 Å². The molecular weight excluding hydrogens is 311 g/mol. The van der Waals surface area contributed by atoms with Crippen molar-refractivity contribution in [3.05, 3.63) is 0 Å². The Bertz CT molecular complexity index is 336. The molecule has 0 saturated carbocycles. The molecule has 0 bridgehead atoms. The first-order valence-corrected chi connectivity index (χ1v) is 10.3. The Balaban J connectivity index is 4.02. The molecular formula is C18H39O4P. The summed E-state index contributed by atoms with van der Waals surface area (Å²) < 4.78 is 22.2. The van der Waals surface area contributed by atoms with Crippen molar-refractivity contribution >= 4 is 7.82 Å². The third-order valence-corrected chi connectivity index (χ3v) is 4.77. The molecule has 0 radical (unpaired) electrons. The van der Waals surface area contributed by atoms with Gasteiger partial charge in [-0.05, 0) is 48.3 Å². The van der Waals surface area contributed by atoms with Crippen LogP contribution in [0.3, 0.4) is 0 Å². The van der Waals surface area contributed by atoms with Gasteiger partial charge in [0.05, 0.1) is 13.2 Å². The minimum atomic E-state index is -3.93. The van der Waals surface area contributed by atoms with Crippen LogP contribution in [0.25, 0.3) is 0 Å². The molecule has 2 unspecified atom stereocenters. The van der Waals surface area contributed by atoms with Crippen molar-refractivity contribution in [2.24, 2.45) is 22.7 Å². The highest BCUT2D eigenvalue weighted by molar-refractivity contribution is 7.47. The summed E-state index contributed by atoms with van der Waals surface area (Å²) >= 11 is 0. The van der Waals surface area contributed by atoms with Crippen LogP contribution in [0, 0.1) is 22.7 Å². The van der Waals surface area contributed by atoms with Crippen molar-refractivity contribution < 1.29 is 18.5 Å². The Morgan fingerprint density at radius 1 is 0.826 bits per heavy atom. The van der Waals surface area contributed by atoms with Crippen LogP contribution in [0.15, 0.2) is 0 Å². The summed E-state index contributed by atoms with van der Waals surface area (Å²) in [5, 5.41) is 0. The van der Waals surface area contributed by atoms with Gasteiger partial charge in [-0.15, -0.1) is 0 Å². The smallest absolute Gasteiger partial charge is 0.302 e. The monoisotopic (exact) mass is 350 g/mol. The Morgan fingerprint density at radius 3 is 1.39 bits per heavy atom. The lowest BCUT2D eigenvalue weighted by atomic mass is 9.87. The van der Waals surface area contributed by atoms with E-state index in [1.54, 1.807) is 0 Å². The fraction of sp³-hybridized carbons (Fsp3) is 1.00. The first-order chi connectivity index (χ1) is 10.2. The van der Waals surface area contributed by atoms with E-state index in [1.165, 1.54) is 0 Å². The molecule has 0 aliphatic rings. The zero-order valence-electron chi connectivity index (χ0n) is 16.5. The number of rotatable bonds is 10. The van der Waals surface area contributed by atoms with Gasteiger partial charge in [-0.25, -0.2) is 4.57 Å². The Kier molecular flexibility index (Phi) is 9.60. The third-order valence-electron chi connectivity index (χ3n) is 3.82. The van der Waals surface area contributed by atoms with Crippen LogP contribution in [0.4, 0.5) is 0 Å². The van der Waals surface area contributed by atoms with E-state index in [0.29, 0.717) is 0 Å². The van der Waals surface area contributed by atoms with E-state index in [0.717, 1.165) is 25.7 Å². The third kappa shape index (κ3) is 15.4. The summed E-state index contributed by atoms with van der Waals surface area (Å²) in [4.78, 5) is 9.78. The van der Waals surface area contributed by atoms with Crippen LogP contribution in [0.5, 0.6) is 0 Å². The molecule has 0 aromatic rings. The molecule has 0 heterocycles. The van der Waals surface area contributed by atoms with Crippen molar-refractivity contribution in [3.8, 4) is 0 Å². The van der Waals surface area contributed by atoms with Crippen molar-refractivity contribution in [2.75, 3.05) is 13.2 Å². The Morgan fingerprint density at radius 2 is 1.13 bits per heavy atom. The molecule has 0 aromatic carbocycles. The highest BCUT2D eigenvalue weighted by atomic mass is 31.2. The van der Waals surface area contributed by atoms with Crippen LogP contribution in [-0.4, -0.2) is 18.1 Å². The standard InChI is InChI=1S/C18H39O4P/c1-15(9-11-17(3,4)5)13-21-23(19,20)22-14-16(2)10-12-18(6,7)8/h15-16H,9-14H2,1-8H3,(H,19,20). The Labute approximate surface area is 144 Å². The Hall–Kier alpha value is 0.110. The summed E-state index contributed by atoms with van der Waals surface area (Å²) in [5.74, 6) is 0.494. The van der Waals surface area contributed by atoms with E-state index in [1.807, 2.05) is 13.8 Å². The van der Waals surface area contributed by atoms with E-state index >= 15 is 0 Å². The van der Waals surface area contributed by atoms with Crippen LogP contribution in [-0.2, 0) is 13.6 Å². The second-order valence-corrected chi connectivity index (χ2v) is 10.9. The van der Waals surface area contributed by atoms with Crippen LogP contribution >= 0.6 is 7.82 Å². The first-order valence-electron chi connectivity index (χ1n) is 8.82. The van der Waals surface area contributed by atoms with E-state index < -0.39 is 7.82 Å². The van der Waals surface area contributed by atoms with Gasteiger partial charge < -0.3 is 4.89 Å². The molecule has 0 aromatic heterocycles. The van der Waals surface area contributed by atoms with E-state index in [2.05, 4.69) is 41.5 Å². The number of hydrogen-bond acceptors (Lipinski definition) is 3. The average Bonchev–Trinajstić information content (AvgIpc) is 2.37. The average molecular weight is 350 g/mol. The summed E-state index contributed by atoms with van der Waals surface area (Å²) in [6.07, 6.45) is 4.09. The SMILES string of the molecule is CC(CCC(C)(C)C)COP(=O)(O)OCC(C)CCC(C)(C)C. The van der Waals surface area contributed by atoms with Gasteiger partial charge in [0.1, 0.15) is 0 Å². The molecule has 0 fully saturated rings. The molecule has 0 rings (SSSR count). The van der Waals surface area contributed by atoms with Gasteiger partial charge >= 0.3 is 7.82 Å². The zero-order chi connectivity index (χ0) is 18.3. The molecule has 23 heavy (non-hydrogen) atoms. The minimum Gasteiger partial charge on any atom is -0.302 e. The van der Waals surface area contributed by atoms with Crippen LogP contribution in [0.1, 0.15) is 81.1 Å². The molecule has 5 heteroatoms. The highest BCUT2D eigenvalue weighted by Crippen LogP contribution is 2.44. The van der Waals surface area contributed by atoms with Crippen molar-refractivity contribution in [1.29, 1.82) is 0 Å². The quantitative estimate of drug-likeness (QED) is 0.488. The molecule has 4 nitrogen and oxygen atoms in total. The molecule has 0 amide bonds. The summed E-state index contributed by atoms with van der Waals surface area (Å²) in [6, 6.07) is 0. The van der Waals surface area contributed by atoms with E-state index in [9.17, 15) is 9.46 Å². The number of hydrogen-bond donors (Lipinski definition) is 1. The second kappa shape index (κ2) is 9.56. The lowest BCUT2D eigenvalue weighted by Crippen LogP contribution is -2.13. The zero-order valence-corrected chi connectivity index (χ0v) is 17.4. The van der Waals surface area contributed by atoms with Crippen molar-refractivity contribution in [3.63, 3.8) is 0 Å². The minimum absolute atomic E-state index is 0.247. The maximum Gasteiger partial charge on any atom is 0.472 e. The van der Waals surface area contributed by atoms with Crippen LogP contribution in [0.2, 0.25) is 0 Å². The van der Waals surface area contributed by atoms with Gasteiger partial charge in [0.25, 0.3) is 0 Å². The largest absolute Gasteiger partial charge is 0.472 e. The molecule has 140 valence electrons. The van der Waals surface area contributed by atoms with Gasteiger partial charge in [-0.2, -0.15) is 0 Å². The predicted octanol–water partition coefficient (Wildman–Crippen LogP) is 6.04. The number of phosphoric acid groups is 1. The van der Waals surface area contributed by atoms with Gasteiger partial charge in [-0.3, -0.25) is 9.05 Å². The topological polar surface area (TPSA) is 55.8 Å². The molecule has 0 aliphatic carbocycles. The van der Waals surface area contributed by atoms with Gasteiger partial charge in [0, 0.05) is 0 Å². The summed E-state index contributed by atoms with van der Waals surface area (Å²) in [7, 11) is -3.93. The molecule has 0 aliphatic heterocycles. The molecule has 0 spiro atoms. The van der Waals surface area contributed by atoms with Crippen molar-refractivity contribution in [2.45, 2.75) is 81.1 Å². The number of phosphoric ester groups is 1. The first kappa shape index (κ1) is 23.1. The van der Waals surface area contributed by atoms with Crippen LogP contribution < -0.4 is 0 Å². The van der Waals surface area contributed by atoms with Gasteiger partial charge in [0.2, 0.25) is 0 Å². The van der Waals surface area contributed by atoms with Crippen molar-refractivity contribution in [1.82, 2.24) is 0 Å². The fourth-order valence-electron chi connectivity index (χ4n) is 2.01. The molecule has 1 N–H and O–H groups in total. The maximum atomic E-state index is 11.9. The lowest BCUT2D eigenvalue weighted by Gasteiger charge is -2.23. The predicted molar refractivity (Wildman–Crippen MR) is 97.4 cm³/mol. The maximum absolute atomic E-state index is 11.9. The highest BCUT2D eigenvalue weighted by Gasteiger charge is 2.24. The molecule has 2 atom stereocenters. The summed E-state index contributed by atoms with van der Waals surface area (Å²) in [6.45, 7) is 17.8.